The molecule has 2 saturated carbocycles. The minimum atomic E-state index is -3.33. The molecular weight excluding hydrogens is 284 g/mol. The third-order valence-corrected chi connectivity index (χ3v) is 5.99. The molecule has 0 unspecified atom stereocenters. The van der Waals surface area contributed by atoms with E-state index in [1.54, 1.807) is 12.1 Å². The van der Waals surface area contributed by atoms with E-state index in [0.29, 0.717) is 10.9 Å². The van der Waals surface area contributed by atoms with Crippen molar-refractivity contribution in [1.82, 2.24) is 4.72 Å². The Balaban J connectivity index is 1.61. The highest BCUT2D eigenvalue weighted by Gasteiger charge is 2.27. The normalized spacial score (nSPS) is 26.5. The van der Waals surface area contributed by atoms with Gasteiger partial charge in [-0.1, -0.05) is 6.92 Å². The lowest BCUT2D eigenvalue weighted by Gasteiger charge is -2.27. The van der Waals surface area contributed by atoms with E-state index in [2.05, 4.69) is 17.0 Å². The number of sulfonamides is 1. The summed E-state index contributed by atoms with van der Waals surface area (Å²) in [6, 6.07) is 7.81. The summed E-state index contributed by atoms with van der Waals surface area (Å²) >= 11 is 0. The summed E-state index contributed by atoms with van der Waals surface area (Å²) in [5, 5.41) is 3.52. The molecule has 5 heteroatoms. The van der Waals surface area contributed by atoms with Crippen molar-refractivity contribution in [3.05, 3.63) is 24.3 Å². The van der Waals surface area contributed by atoms with Crippen LogP contribution in [0.1, 0.15) is 45.4 Å². The SMILES string of the molecule is CC1CCC(Nc2ccc(S(=O)(=O)NC3CC3)cc2)CC1. The number of benzene rings is 1. The van der Waals surface area contributed by atoms with Crippen molar-refractivity contribution in [2.45, 2.75) is 62.4 Å². The van der Waals surface area contributed by atoms with Gasteiger partial charge < -0.3 is 5.32 Å². The van der Waals surface area contributed by atoms with E-state index < -0.39 is 10.0 Å². The van der Waals surface area contributed by atoms with Crippen molar-refractivity contribution in [1.29, 1.82) is 0 Å². The molecule has 0 atom stereocenters. The third-order valence-electron chi connectivity index (χ3n) is 4.45. The first kappa shape index (κ1) is 14.9. The number of rotatable bonds is 5. The van der Waals surface area contributed by atoms with E-state index in [0.717, 1.165) is 24.4 Å². The molecule has 0 saturated heterocycles. The lowest BCUT2D eigenvalue weighted by molar-refractivity contribution is 0.361. The Morgan fingerprint density at radius 1 is 0.905 bits per heavy atom. The molecule has 116 valence electrons. The Labute approximate surface area is 127 Å². The largest absolute Gasteiger partial charge is 0.382 e. The fraction of sp³-hybridized carbons (Fsp3) is 0.625. The second kappa shape index (κ2) is 5.97. The molecule has 21 heavy (non-hydrogen) atoms. The van der Waals surface area contributed by atoms with Gasteiger partial charge in [0.1, 0.15) is 0 Å². The zero-order valence-electron chi connectivity index (χ0n) is 12.5. The van der Waals surface area contributed by atoms with Crippen LogP contribution in [0.4, 0.5) is 5.69 Å². The van der Waals surface area contributed by atoms with Crippen molar-refractivity contribution >= 4 is 15.7 Å². The van der Waals surface area contributed by atoms with Crippen LogP contribution in [-0.2, 0) is 10.0 Å². The standard InChI is InChI=1S/C16H24N2O2S/c1-12-2-4-13(5-3-12)17-14-8-10-16(11-9-14)21(19,20)18-15-6-7-15/h8-13,15,17-18H,2-7H2,1H3. The van der Waals surface area contributed by atoms with E-state index in [-0.39, 0.29) is 6.04 Å². The van der Waals surface area contributed by atoms with Gasteiger partial charge in [-0.25, -0.2) is 13.1 Å². The lowest BCUT2D eigenvalue weighted by atomic mass is 9.87. The lowest BCUT2D eigenvalue weighted by Crippen LogP contribution is -2.26. The third kappa shape index (κ3) is 3.98. The first-order valence-corrected chi connectivity index (χ1v) is 9.40. The van der Waals surface area contributed by atoms with Gasteiger partial charge in [-0.15, -0.1) is 0 Å². The average molecular weight is 308 g/mol. The van der Waals surface area contributed by atoms with Crippen molar-refractivity contribution in [2.75, 3.05) is 5.32 Å². The summed E-state index contributed by atoms with van der Waals surface area (Å²) < 4.78 is 26.9. The molecule has 0 heterocycles. The summed E-state index contributed by atoms with van der Waals surface area (Å²) in [7, 11) is -3.33. The second-order valence-corrected chi connectivity index (χ2v) is 8.24. The summed E-state index contributed by atoms with van der Waals surface area (Å²) in [5.74, 6) is 0.837. The van der Waals surface area contributed by atoms with E-state index in [1.807, 2.05) is 12.1 Å². The molecule has 0 spiro atoms. The highest BCUT2D eigenvalue weighted by atomic mass is 32.2. The molecule has 0 aromatic heterocycles. The van der Waals surface area contributed by atoms with Crippen LogP contribution in [0, 0.1) is 5.92 Å². The molecule has 1 aromatic rings. The predicted octanol–water partition coefficient (Wildman–Crippen LogP) is 3.12. The van der Waals surface area contributed by atoms with Gasteiger partial charge in [-0.05, 0) is 68.7 Å². The van der Waals surface area contributed by atoms with Gasteiger partial charge in [-0.3, -0.25) is 0 Å². The molecule has 2 N–H and O–H groups in total. The molecule has 0 aliphatic heterocycles. The molecule has 0 radical (unpaired) electrons. The van der Waals surface area contributed by atoms with Crippen LogP contribution in [0.2, 0.25) is 0 Å². The molecule has 1 aromatic carbocycles. The molecular formula is C16H24N2O2S. The second-order valence-electron chi connectivity index (χ2n) is 6.52. The van der Waals surface area contributed by atoms with Crippen molar-refractivity contribution < 1.29 is 8.42 Å². The Morgan fingerprint density at radius 2 is 1.48 bits per heavy atom. The highest BCUT2D eigenvalue weighted by molar-refractivity contribution is 7.89. The maximum Gasteiger partial charge on any atom is 0.240 e. The van der Waals surface area contributed by atoms with Gasteiger partial charge in [0.25, 0.3) is 0 Å². The zero-order valence-corrected chi connectivity index (χ0v) is 13.3. The highest BCUT2D eigenvalue weighted by Crippen LogP contribution is 2.27. The zero-order chi connectivity index (χ0) is 14.9. The minimum Gasteiger partial charge on any atom is -0.382 e. The van der Waals surface area contributed by atoms with Crippen LogP contribution < -0.4 is 10.0 Å². The van der Waals surface area contributed by atoms with Gasteiger partial charge in [0.2, 0.25) is 10.0 Å². The van der Waals surface area contributed by atoms with Gasteiger partial charge in [0, 0.05) is 17.8 Å². The Morgan fingerprint density at radius 3 is 2.05 bits per heavy atom. The summed E-state index contributed by atoms with van der Waals surface area (Å²) in [6.45, 7) is 2.31. The summed E-state index contributed by atoms with van der Waals surface area (Å²) in [6.07, 6.45) is 6.86. The molecule has 0 bridgehead atoms. The maximum absolute atomic E-state index is 12.1. The monoisotopic (exact) mass is 308 g/mol. The van der Waals surface area contributed by atoms with Gasteiger partial charge >= 0.3 is 0 Å². The van der Waals surface area contributed by atoms with Crippen molar-refractivity contribution in [3.63, 3.8) is 0 Å². The van der Waals surface area contributed by atoms with Crippen LogP contribution in [0.15, 0.2) is 29.2 Å². The number of nitrogens with one attached hydrogen (secondary N) is 2. The maximum atomic E-state index is 12.1. The summed E-state index contributed by atoms with van der Waals surface area (Å²) in [5.41, 5.74) is 1.01. The predicted molar refractivity (Wildman–Crippen MR) is 84.8 cm³/mol. The molecule has 0 amide bonds. The van der Waals surface area contributed by atoms with Gasteiger partial charge in [0.15, 0.2) is 0 Å². The number of anilines is 1. The molecule has 3 rings (SSSR count). The van der Waals surface area contributed by atoms with Crippen molar-refractivity contribution in [2.24, 2.45) is 5.92 Å². The van der Waals surface area contributed by atoms with E-state index in [4.69, 9.17) is 0 Å². The first-order valence-electron chi connectivity index (χ1n) is 7.92. The topological polar surface area (TPSA) is 58.2 Å². The van der Waals surface area contributed by atoms with Crippen LogP contribution >= 0.6 is 0 Å². The Hall–Kier alpha value is -1.07. The Bertz CT molecular complexity index is 571. The van der Waals surface area contributed by atoms with Gasteiger partial charge in [-0.2, -0.15) is 0 Å². The number of hydrogen-bond acceptors (Lipinski definition) is 3. The Kier molecular flexibility index (Phi) is 4.22. The van der Waals surface area contributed by atoms with E-state index in [1.165, 1.54) is 25.7 Å². The average Bonchev–Trinajstić information content (AvgIpc) is 3.25. The quantitative estimate of drug-likeness (QED) is 0.878. The van der Waals surface area contributed by atoms with Crippen LogP contribution in [0.25, 0.3) is 0 Å². The van der Waals surface area contributed by atoms with Crippen molar-refractivity contribution in [3.8, 4) is 0 Å². The van der Waals surface area contributed by atoms with E-state index >= 15 is 0 Å². The first-order chi connectivity index (χ1) is 10.0. The van der Waals surface area contributed by atoms with Crippen LogP contribution in [-0.4, -0.2) is 20.5 Å². The molecule has 2 fully saturated rings. The molecule has 2 aliphatic rings. The fourth-order valence-electron chi connectivity index (χ4n) is 2.86. The van der Waals surface area contributed by atoms with Gasteiger partial charge in [0.05, 0.1) is 4.90 Å². The molecule has 4 nitrogen and oxygen atoms in total. The molecule has 2 aliphatic carbocycles. The van der Waals surface area contributed by atoms with Crippen LogP contribution in [0.3, 0.4) is 0 Å². The number of hydrogen-bond donors (Lipinski definition) is 2. The smallest absolute Gasteiger partial charge is 0.240 e. The van der Waals surface area contributed by atoms with Crippen LogP contribution in [0.5, 0.6) is 0 Å². The minimum absolute atomic E-state index is 0.150. The summed E-state index contributed by atoms with van der Waals surface area (Å²) in [4.78, 5) is 0.359. The van der Waals surface area contributed by atoms with E-state index in [9.17, 15) is 8.42 Å². The fourth-order valence-corrected chi connectivity index (χ4v) is 4.16.